The van der Waals surface area contributed by atoms with Crippen molar-refractivity contribution in [1.29, 1.82) is 0 Å². The first-order valence-electron chi connectivity index (χ1n) is 6.57. The highest BCUT2D eigenvalue weighted by molar-refractivity contribution is 5.77. The van der Waals surface area contributed by atoms with Crippen LogP contribution in [0, 0.1) is 5.92 Å². The number of nitrogens with zero attached hydrogens (tertiary/aromatic N) is 1. The SMILES string of the molecule is CCOC(=O)[C@@H]1C[C@H]1c1nc(-c2ccccc2)c[nH]1. The van der Waals surface area contributed by atoms with Crippen LogP contribution in [0.25, 0.3) is 11.3 Å². The number of esters is 1. The fourth-order valence-electron chi connectivity index (χ4n) is 2.29. The lowest BCUT2D eigenvalue weighted by atomic mass is 10.2. The van der Waals surface area contributed by atoms with Gasteiger partial charge in [-0.2, -0.15) is 0 Å². The molecule has 2 atom stereocenters. The van der Waals surface area contributed by atoms with E-state index in [4.69, 9.17) is 4.74 Å². The van der Waals surface area contributed by atoms with Gasteiger partial charge >= 0.3 is 5.97 Å². The summed E-state index contributed by atoms with van der Waals surface area (Å²) in [7, 11) is 0. The Kier molecular flexibility index (Phi) is 3.07. The fourth-order valence-corrected chi connectivity index (χ4v) is 2.29. The van der Waals surface area contributed by atoms with Gasteiger partial charge in [-0.1, -0.05) is 30.3 Å². The topological polar surface area (TPSA) is 55.0 Å². The smallest absolute Gasteiger partial charge is 0.309 e. The molecule has 1 aliphatic rings. The van der Waals surface area contributed by atoms with Gasteiger partial charge in [0, 0.05) is 17.7 Å². The molecule has 1 saturated carbocycles. The van der Waals surface area contributed by atoms with E-state index in [0.29, 0.717) is 6.61 Å². The van der Waals surface area contributed by atoms with Crippen molar-refractivity contribution in [1.82, 2.24) is 9.97 Å². The van der Waals surface area contributed by atoms with Gasteiger partial charge in [-0.3, -0.25) is 4.79 Å². The number of aromatic amines is 1. The molecule has 0 spiro atoms. The Morgan fingerprint density at radius 3 is 2.95 bits per heavy atom. The molecule has 3 rings (SSSR count). The number of aromatic nitrogens is 2. The number of hydrogen-bond acceptors (Lipinski definition) is 3. The summed E-state index contributed by atoms with van der Waals surface area (Å²) in [5.74, 6) is 0.952. The Morgan fingerprint density at radius 1 is 1.42 bits per heavy atom. The van der Waals surface area contributed by atoms with E-state index in [9.17, 15) is 4.79 Å². The lowest BCUT2D eigenvalue weighted by Gasteiger charge is -1.99. The molecule has 1 N–H and O–H groups in total. The summed E-state index contributed by atoms with van der Waals surface area (Å²) in [6.45, 7) is 2.27. The molecule has 0 amide bonds. The highest BCUT2D eigenvalue weighted by Gasteiger charge is 2.47. The maximum Gasteiger partial charge on any atom is 0.309 e. The van der Waals surface area contributed by atoms with Gasteiger partial charge in [0.15, 0.2) is 0 Å². The molecule has 1 heterocycles. The molecule has 4 nitrogen and oxygen atoms in total. The van der Waals surface area contributed by atoms with Crippen molar-refractivity contribution in [3.63, 3.8) is 0 Å². The largest absolute Gasteiger partial charge is 0.466 e. The Bertz CT molecular complexity index is 577. The first-order chi connectivity index (χ1) is 9.29. The fraction of sp³-hybridized carbons (Fsp3) is 0.333. The van der Waals surface area contributed by atoms with Crippen molar-refractivity contribution in [2.45, 2.75) is 19.3 Å². The summed E-state index contributed by atoms with van der Waals surface area (Å²) in [5.41, 5.74) is 2.00. The van der Waals surface area contributed by atoms with Crippen LogP contribution in [0.4, 0.5) is 0 Å². The molecule has 0 unspecified atom stereocenters. The summed E-state index contributed by atoms with van der Waals surface area (Å²) in [6, 6.07) is 10.0. The predicted octanol–water partition coefficient (Wildman–Crippen LogP) is 2.74. The quantitative estimate of drug-likeness (QED) is 0.856. The third-order valence-electron chi connectivity index (χ3n) is 3.40. The first kappa shape index (κ1) is 12.0. The van der Waals surface area contributed by atoms with Crippen molar-refractivity contribution in [2.75, 3.05) is 6.61 Å². The number of carbonyl (C=O) groups excluding carboxylic acids is 1. The number of carbonyl (C=O) groups is 1. The standard InChI is InChI=1S/C15H16N2O2/c1-2-19-15(18)12-8-11(12)14-16-9-13(17-14)10-6-4-3-5-7-10/h3-7,9,11-12H,2,8H2,1H3,(H,16,17)/t11-,12-/m1/s1. The van der Waals surface area contributed by atoms with Gasteiger partial charge in [-0.25, -0.2) is 4.98 Å². The zero-order chi connectivity index (χ0) is 13.2. The third-order valence-corrected chi connectivity index (χ3v) is 3.40. The van der Waals surface area contributed by atoms with Gasteiger partial charge in [0.2, 0.25) is 0 Å². The number of imidazole rings is 1. The molecule has 0 bridgehead atoms. The van der Waals surface area contributed by atoms with Gasteiger partial charge in [-0.15, -0.1) is 0 Å². The predicted molar refractivity (Wildman–Crippen MR) is 71.5 cm³/mol. The van der Waals surface area contributed by atoms with Crippen LogP contribution in [-0.2, 0) is 9.53 Å². The van der Waals surface area contributed by atoms with Crippen molar-refractivity contribution in [2.24, 2.45) is 5.92 Å². The molecule has 0 saturated heterocycles. The minimum Gasteiger partial charge on any atom is -0.466 e. The van der Waals surface area contributed by atoms with E-state index in [1.807, 2.05) is 43.5 Å². The summed E-state index contributed by atoms with van der Waals surface area (Å²) < 4.78 is 5.03. The molecule has 1 aromatic carbocycles. The van der Waals surface area contributed by atoms with Crippen LogP contribution < -0.4 is 0 Å². The highest BCUT2D eigenvalue weighted by Crippen LogP contribution is 2.47. The van der Waals surface area contributed by atoms with Crippen molar-refractivity contribution in [3.8, 4) is 11.3 Å². The lowest BCUT2D eigenvalue weighted by Crippen LogP contribution is -2.07. The van der Waals surface area contributed by atoms with Gasteiger partial charge in [0.25, 0.3) is 0 Å². The minimum atomic E-state index is -0.106. The molecular formula is C15H16N2O2. The summed E-state index contributed by atoms with van der Waals surface area (Å²) >= 11 is 0. The summed E-state index contributed by atoms with van der Waals surface area (Å²) in [5, 5.41) is 0. The zero-order valence-electron chi connectivity index (χ0n) is 10.8. The van der Waals surface area contributed by atoms with Crippen LogP contribution in [0.1, 0.15) is 25.1 Å². The van der Waals surface area contributed by atoms with Crippen molar-refractivity contribution >= 4 is 5.97 Å². The van der Waals surface area contributed by atoms with Gasteiger partial charge in [-0.05, 0) is 13.3 Å². The summed E-state index contributed by atoms with van der Waals surface area (Å²) in [4.78, 5) is 19.3. The number of rotatable bonds is 4. The van der Waals surface area contributed by atoms with Crippen molar-refractivity contribution < 1.29 is 9.53 Å². The molecule has 19 heavy (non-hydrogen) atoms. The van der Waals surface area contributed by atoms with Crippen LogP contribution in [-0.4, -0.2) is 22.5 Å². The number of hydrogen-bond donors (Lipinski definition) is 1. The Hall–Kier alpha value is -2.10. The number of nitrogens with one attached hydrogen (secondary N) is 1. The second kappa shape index (κ2) is 4.88. The molecule has 4 heteroatoms. The monoisotopic (exact) mass is 256 g/mol. The third kappa shape index (κ3) is 2.38. The van der Waals surface area contributed by atoms with E-state index in [1.165, 1.54) is 0 Å². The van der Waals surface area contributed by atoms with E-state index in [1.54, 1.807) is 0 Å². The van der Waals surface area contributed by atoms with E-state index in [0.717, 1.165) is 23.5 Å². The molecule has 1 fully saturated rings. The van der Waals surface area contributed by atoms with Crippen LogP contribution >= 0.6 is 0 Å². The Labute approximate surface area is 111 Å². The second-order valence-electron chi connectivity index (χ2n) is 4.74. The molecule has 1 aliphatic carbocycles. The molecule has 0 radical (unpaired) electrons. The average molecular weight is 256 g/mol. The minimum absolute atomic E-state index is 0.0188. The maximum atomic E-state index is 11.6. The number of benzene rings is 1. The molecule has 98 valence electrons. The van der Waals surface area contributed by atoms with Crippen LogP contribution in [0.3, 0.4) is 0 Å². The summed E-state index contributed by atoms with van der Waals surface area (Å²) in [6.07, 6.45) is 2.73. The van der Waals surface area contributed by atoms with Crippen LogP contribution in [0.15, 0.2) is 36.5 Å². The molecule has 1 aromatic heterocycles. The van der Waals surface area contributed by atoms with E-state index >= 15 is 0 Å². The van der Waals surface area contributed by atoms with Gasteiger partial charge < -0.3 is 9.72 Å². The molecule has 2 aromatic rings. The normalized spacial score (nSPS) is 21.1. The van der Waals surface area contributed by atoms with Gasteiger partial charge in [0.1, 0.15) is 5.82 Å². The molecular weight excluding hydrogens is 240 g/mol. The number of H-pyrrole nitrogens is 1. The maximum absolute atomic E-state index is 11.6. The van der Waals surface area contributed by atoms with Gasteiger partial charge in [0.05, 0.1) is 18.2 Å². The van der Waals surface area contributed by atoms with E-state index < -0.39 is 0 Å². The lowest BCUT2D eigenvalue weighted by molar-refractivity contribution is -0.144. The van der Waals surface area contributed by atoms with Crippen LogP contribution in [0.5, 0.6) is 0 Å². The number of ether oxygens (including phenoxy) is 1. The first-order valence-corrected chi connectivity index (χ1v) is 6.57. The highest BCUT2D eigenvalue weighted by atomic mass is 16.5. The average Bonchev–Trinajstić information content (AvgIpc) is 3.10. The Balaban J connectivity index is 1.72. The zero-order valence-corrected chi connectivity index (χ0v) is 10.8. The second-order valence-corrected chi connectivity index (χ2v) is 4.74. The van der Waals surface area contributed by atoms with Crippen molar-refractivity contribution in [3.05, 3.63) is 42.4 Å². The van der Waals surface area contributed by atoms with E-state index in [2.05, 4.69) is 9.97 Å². The molecule has 0 aliphatic heterocycles. The van der Waals surface area contributed by atoms with E-state index in [-0.39, 0.29) is 17.8 Å². The van der Waals surface area contributed by atoms with Crippen LogP contribution in [0.2, 0.25) is 0 Å². The Morgan fingerprint density at radius 2 is 2.21 bits per heavy atom.